The molecule has 1 aliphatic heterocycles. The van der Waals surface area contributed by atoms with Crippen LogP contribution in [0.15, 0.2) is 47.4 Å². The lowest BCUT2D eigenvalue weighted by Gasteiger charge is -2.38. The number of benzene rings is 2. The number of hydrogen-bond donors (Lipinski definition) is 2. The van der Waals surface area contributed by atoms with Gasteiger partial charge in [0, 0.05) is 18.7 Å². The highest BCUT2D eigenvalue weighted by molar-refractivity contribution is 7.91. The lowest BCUT2D eigenvalue weighted by atomic mass is 9.85. The summed E-state index contributed by atoms with van der Waals surface area (Å²) < 4.78 is 23.8. The molecule has 0 bridgehead atoms. The molecule has 2 aromatic carbocycles. The third-order valence-electron chi connectivity index (χ3n) is 5.67. The zero-order valence-corrected chi connectivity index (χ0v) is 18.8. The van der Waals surface area contributed by atoms with Crippen LogP contribution >= 0.6 is 0 Å². The smallest absolute Gasteiger partial charge is 0.407 e. The first-order valence-corrected chi connectivity index (χ1v) is 12.0. The van der Waals surface area contributed by atoms with Gasteiger partial charge in [0.2, 0.25) is 0 Å². The van der Waals surface area contributed by atoms with Crippen molar-refractivity contribution in [2.45, 2.75) is 44.7 Å². The molecule has 0 saturated carbocycles. The second-order valence-corrected chi connectivity index (χ2v) is 10.3. The number of amides is 2. The maximum atomic E-state index is 12.7. The molecule has 2 amide bonds. The van der Waals surface area contributed by atoms with Crippen molar-refractivity contribution in [2.75, 3.05) is 12.3 Å². The molecule has 1 aliphatic rings. The molecule has 8 heteroatoms. The highest BCUT2D eigenvalue weighted by Gasteiger charge is 2.33. The van der Waals surface area contributed by atoms with Crippen LogP contribution in [0.1, 0.15) is 53.9 Å². The van der Waals surface area contributed by atoms with E-state index in [9.17, 15) is 23.1 Å². The molecule has 1 heterocycles. The van der Waals surface area contributed by atoms with Gasteiger partial charge in [-0.3, -0.25) is 4.79 Å². The summed E-state index contributed by atoms with van der Waals surface area (Å²) in [5.74, 6) is -0.0623. The van der Waals surface area contributed by atoms with Crippen LogP contribution in [0.5, 0.6) is 0 Å². The van der Waals surface area contributed by atoms with E-state index in [1.165, 1.54) is 4.90 Å². The van der Waals surface area contributed by atoms with Gasteiger partial charge < -0.3 is 15.3 Å². The van der Waals surface area contributed by atoms with E-state index < -0.39 is 15.9 Å². The molecular weight excluding hydrogens is 416 g/mol. The normalized spacial score (nSPS) is 16.1. The summed E-state index contributed by atoms with van der Waals surface area (Å²) in [5, 5.41) is 12.4. The van der Waals surface area contributed by atoms with Crippen molar-refractivity contribution in [3.63, 3.8) is 0 Å². The molecule has 1 atom stereocenters. The van der Waals surface area contributed by atoms with Gasteiger partial charge in [0.05, 0.1) is 16.7 Å². The molecule has 166 valence electrons. The standard InChI is InChI=1S/C23H28N2O5S/c1-4-31(29,30)19-8-5-16(6-9-19)14-24-22(26)18-7-10-20-17(13-18)11-12-25(23(27)28)21(20)15(2)3/h5-10,13,15,21H,4,11-12,14H2,1-3H3,(H,24,26)(H,27,28)/t21-/m0/s1. The van der Waals surface area contributed by atoms with Crippen LogP contribution in [0.25, 0.3) is 0 Å². The SMILES string of the molecule is CCS(=O)(=O)c1ccc(CNC(=O)c2ccc3c(c2)CCN(C(=O)O)[C@H]3C(C)C)cc1. The van der Waals surface area contributed by atoms with Gasteiger partial charge in [0.1, 0.15) is 0 Å². The first-order valence-electron chi connectivity index (χ1n) is 10.4. The molecule has 0 fully saturated rings. The van der Waals surface area contributed by atoms with Crippen molar-refractivity contribution in [1.82, 2.24) is 10.2 Å². The van der Waals surface area contributed by atoms with Gasteiger partial charge in [-0.2, -0.15) is 0 Å². The average Bonchev–Trinajstić information content (AvgIpc) is 2.76. The van der Waals surface area contributed by atoms with Crippen molar-refractivity contribution in [2.24, 2.45) is 5.92 Å². The van der Waals surface area contributed by atoms with Gasteiger partial charge in [-0.1, -0.05) is 39.0 Å². The Balaban J connectivity index is 1.72. The Morgan fingerprint density at radius 3 is 2.42 bits per heavy atom. The Morgan fingerprint density at radius 2 is 1.84 bits per heavy atom. The van der Waals surface area contributed by atoms with Crippen molar-refractivity contribution in [1.29, 1.82) is 0 Å². The van der Waals surface area contributed by atoms with Crippen LogP contribution in [0, 0.1) is 5.92 Å². The predicted molar refractivity (Wildman–Crippen MR) is 118 cm³/mol. The molecule has 3 rings (SSSR count). The third kappa shape index (κ3) is 4.90. The summed E-state index contributed by atoms with van der Waals surface area (Å²) in [6.45, 7) is 6.28. The van der Waals surface area contributed by atoms with Crippen LogP contribution < -0.4 is 5.32 Å². The summed E-state index contributed by atoms with van der Waals surface area (Å²) in [7, 11) is -3.25. The minimum Gasteiger partial charge on any atom is -0.465 e. The molecule has 0 unspecified atom stereocenters. The summed E-state index contributed by atoms with van der Waals surface area (Å²) in [5.41, 5.74) is 3.28. The molecule has 0 spiro atoms. The highest BCUT2D eigenvalue weighted by atomic mass is 32.2. The number of fused-ring (bicyclic) bond motifs is 1. The maximum absolute atomic E-state index is 12.7. The molecule has 2 aromatic rings. The summed E-state index contributed by atoms with van der Waals surface area (Å²) in [6, 6.07) is 11.7. The Kier molecular flexibility index (Phi) is 6.69. The maximum Gasteiger partial charge on any atom is 0.407 e. The van der Waals surface area contributed by atoms with Crippen LogP contribution in [0.3, 0.4) is 0 Å². The van der Waals surface area contributed by atoms with Gasteiger partial charge in [-0.05, 0) is 53.3 Å². The minimum atomic E-state index is -3.25. The van der Waals surface area contributed by atoms with E-state index in [0.29, 0.717) is 18.5 Å². The van der Waals surface area contributed by atoms with Crippen molar-refractivity contribution < 1.29 is 23.1 Å². The van der Waals surface area contributed by atoms with Gasteiger partial charge in [0.25, 0.3) is 5.91 Å². The van der Waals surface area contributed by atoms with E-state index in [0.717, 1.165) is 16.7 Å². The number of carbonyl (C=O) groups is 2. The molecule has 0 aromatic heterocycles. The van der Waals surface area contributed by atoms with E-state index in [-0.39, 0.29) is 35.1 Å². The highest BCUT2D eigenvalue weighted by Crippen LogP contribution is 2.35. The van der Waals surface area contributed by atoms with Gasteiger partial charge in [-0.25, -0.2) is 13.2 Å². The molecule has 0 saturated heterocycles. The fourth-order valence-electron chi connectivity index (χ4n) is 4.00. The Labute approximate surface area is 183 Å². The minimum absolute atomic E-state index is 0.0449. The fourth-order valence-corrected chi connectivity index (χ4v) is 4.88. The lowest BCUT2D eigenvalue weighted by Crippen LogP contribution is -2.41. The van der Waals surface area contributed by atoms with E-state index in [1.54, 1.807) is 37.3 Å². The lowest BCUT2D eigenvalue weighted by molar-refractivity contribution is 0.0947. The van der Waals surface area contributed by atoms with Gasteiger partial charge >= 0.3 is 6.09 Å². The monoisotopic (exact) mass is 444 g/mol. The largest absolute Gasteiger partial charge is 0.465 e. The summed E-state index contributed by atoms with van der Waals surface area (Å²) >= 11 is 0. The molecule has 7 nitrogen and oxygen atoms in total. The molecule has 0 radical (unpaired) electrons. The van der Waals surface area contributed by atoms with E-state index in [1.807, 2.05) is 26.0 Å². The summed E-state index contributed by atoms with van der Waals surface area (Å²) in [4.78, 5) is 26.0. The first kappa shape index (κ1) is 22.8. The van der Waals surface area contributed by atoms with Crippen LogP contribution in [0.2, 0.25) is 0 Å². The first-order chi connectivity index (χ1) is 14.6. The van der Waals surface area contributed by atoms with Crippen LogP contribution in [0.4, 0.5) is 4.79 Å². The molecular formula is C23H28N2O5S. The number of nitrogens with zero attached hydrogens (tertiary/aromatic N) is 1. The predicted octanol–water partition coefficient (Wildman–Crippen LogP) is 3.64. The molecule has 2 N–H and O–H groups in total. The zero-order chi connectivity index (χ0) is 22.8. The number of rotatable bonds is 6. The molecule has 0 aliphatic carbocycles. The van der Waals surface area contributed by atoms with Gasteiger partial charge in [-0.15, -0.1) is 0 Å². The average molecular weight is 445 g/mol. The number of hydrogen-bond acceptors (Lipinski definition) is 4. The second kappa shape index (κ2) is 9.09. The van der Waals surface area contributed by atoms with Gasteiger partial charge in [0.15, 0.2) is 9.84 Å². The van der Waals surface area contributed by atoms with E-state index >= 15 is 0 Å². The number of sulfone groups is 1. The Bertz CT molecular complexity index is 1080. The zero-order valence-electron chi connectivity index (χ0n) is 18.0. The van der Waals surface area contributed by atoms with E-state index in [4.69, 9.17) is 0 Å². The van der Waals surface area contributed by atoms with Crippen molar-refractivity contribution in [3.05, 3.63) is 64.7 Å². The number of nitrogens with one attached hydrogen (secondary N) is 1. The quantitative estimate of drug-likeness (QED) is 0.708. The van der Waals surface area contributed by atoms with E-state index in [2.05, 4.69) is 5.32 Å². The van der Waals surface area contributed by atoms with Crippen LogP contribution in [-0.4, -0.2) is 42.7 Å². The van der Waals surface area contributed by atoms with Crippen LogP contribution in [-0.2, 0) is 22.8 Å². The Morgan fingerprint density at radius 1 is 1.16 bits per heavy atom. The Hall–Kier alpha value is -2.87. The third-order valence-corrected chi connectivity index (χ3v) is 7.42. The fraction of sp³-hybridized carbons (Fsp3) is 0.391. The van der Waals surface area contributed by atoms with Crippen molar-refractivity contribution in [3.8, 4) is 0 Å². The topological polar surface area (TPSA) is 104 Å². The second-order valence-electron chi connectivity index (χ2n) is 8.06. The number of carboxylic acid groups (broad SMARTS) is 1. The van der Waals surface area contributed by atoms with Crippen molar-refractivity contribution >= 4 is 21.8 Å². The summed E-state index contributed by atoms with van der Waals surface area (Å²) in [6.07, 6.45) is -0.358. The molecule has 31 heavy (non-hydrogen) atoms. The number of carbonyl (C=O) groups excluding carboxylic acids is 1.